The van der Waals surface area contributed by atoms with Gasteiger partial charge in [0.05, 0.1) is 34.6 Å². The summed E-state index contributed by atoms with van der Waals surface area (Å²) < 4.78 is 8.07. The number of hydrogen-bond acceptors (Lipinski definition) is 6. The van der Waals surface area contributed by atoms with Crippen LogP contribution in [0.1, 0.15) is 5.82 Å². The molecule has 0 amide bonds. The van der Waals surface area contributed by atoms with Gasteiger partial charge in [0.2, 0.25) is 0 Å². The lowest BCUT2D eigenvalue weighted by Gasteiger charge is -2.09. The van der Waals surface area contributed by atoms with Crippen molar-refractivity contribution in [1.29, 1.82) is 0 Å². The molecule has 0 aliphatic carbocycles. The van der Waals surface area contributed by atoms with Gasteiger partial charge in [0.25, 0.3) is 17.1 Å². The standard InChI is InChI=1S/C21H16N6O3/c1-12-22-21(25-24-12)27-9-7-18-16(20(27)29)11-15-17(23-18)6-8-26(19(15)28)13-4-3-5-14(10-13)30-2/h3-11H,1-2H3,(H,22,24,25). The van der Waals surface area contributed by atoms with E-state index in [4.69, 9.17) is 4.74 Å². The van der Waals surface area contributed by atoms with Gasteiger partial charge in [-0.25, -0.2) is 9.55 Å². The molecule has 0 aliphatic rings. The number of nitrogens with one attached hydrogen (secondary N) is 1. The quantitative estimate of drug-likeness (QED) is 0.465. The smallest absolute Gasteiger partial charge is 0.267 e. The van der Waals surface area contributed by atoms with Gasteiger partial charge in [-0.1, -0.05) is 6.07 Å². The molecule has 9 nitrogen and oxygen atoms in total. The van der Waals surface area contributed by atoms with Crippen LogP contribution in [-0.4, -0.2) is 36.4 Å². The van der Waals surface area contributed by atoms with Gasteiger partial charge in [-0.05, 0) is 37.3 Å². The number of hydrogen-bond donors (Lipinski definition) is 1. The number of methoxy groups -OCH3 is 1. The lowest BCUT2D eigenvalue weighted by molar-refractivity contribution is 0.414. The van der Waals surface area contributed by atoms with Crippen LogP contribution < -0.4 is 15.9 Å². The molecule has 1 N–H and O–H groups in total. The predicted octanol–water partition coefficient (Wildman–Crippen LogP) is 2.12. The second kappa shape index (κ2) is 6.66. The monoisotopic (exact) mass is 400 g/mol. The highest BCUT2D eigenvalue weighted by Crippen LogP contribution is 2.18. The van der Waals surface area contributed by atoms with E-state index in [9.17, 15) is 9.59 Å². The fourth-order valence-electron chi connectivity index (χ4n) is 3.38. The summed E-state index contributed by atoms with van der Waals surface area (Å²) in [4.78, 5) is 34.9. The summed E-state index contributed by atoms with van der Waals surface area (Å²) in [5.41, 5.74) is 1.03. The number of H-pyrrole nitrogens is 1. The van der Waals surface area contributed by atoms with E-state index >= 15 is 0 Å². The molecule has 0 saturated heterocycles. The highest BCUT2D eigenvalue weighted by atomic mass is 16.5. The summed E-state index contributed by atoms with van der Waals surface area (Å²) in [5, 5.41) is 7.40. The molecule has 0 saturated carbocycles. The zero-order valence-electron chi connectivity index (χ0n) is 16.2. The Balaban J connectivity index is 1.76. The Bertz CT molecular complexity index is 1550. The number of aromatic nitrogens is 6. The van der Waals surface area contributed by atoms with E-state index in [2.05, 4.69) is 20.2 Å². The molecule has 4 aromatic heterocycles. The number of ether oxygens (including phenoxy) is 1. The van der Waals surface area contributed by atoms with Gasteiger partial charge in [0, 0.05) is 18.5 Å². The highest BCUT2D eigenvalue weighted by Gasteiger charge is 2.13. The number of benzene rings is 1. The summed E-state index contributed by atoms with van der Waals surface area (Å²) >= 11 is 0. The maximum atomic E-state index is 13.2. The van der Waals surface area contributed by atoms with Crippen molar-refractivity contribution in [2.24, 2.45) is 0 Å². The van der Waals surface area contributed by atoms with Crippen LogP contribution in [-0.2, 0) is 0 Å². The first-order valence-corrected chi connectivity index (χ1v) is 9.17. The minimum Gasteiger partial charge on any atom is -0.497 e. The summed E-state index contributed by atoms with van der Waals surface area (Å²) in [5.74, 6) is 1.47. The van der Waals surface area contributed by atoms with E-state index in [1.165, 1.54) is 9.13 Å². The summed E-state index contributed by atoms with van der Waals surface area (Å²) in [7, 11) is 1.57. The molecule has 148 valence electrons. The molecule has 0 aliphatic heterocycles. The molecule has 0 unspecified atom stereocenters. The number of pyridine rings is 3. The molecule has 30 heavy (non-hydrogen) atoms. The van der Waals surface area contributed by atoms with Crippen molar-refractivity contribution in [3.63, 3.8) is 0 Å². The molecule has 5 rings (SSSR count). The SMILES string of the molecule is COc1cccc(-n2ccc3nc4ccn(-c5n[nH]c(C)n5)c(=O)c4cc3c2=O)c1. The summed E-state index contributed by atoms with van der Waals surface area (Å²) in [6.45, 7) is 1.75. The van der Waals surface area contributed by atoms with Gasteiger partial charge in [-0.3, -0.25) is 19.3 Å². The molecule has 0 fully saturated rings. The molecule has 4 heterocycles. The Morgan fingerprint density at radius 2 is 1.60 bits per heavy atom. The van der Waals surface area contributed by atoms with Gasteiger partial charge >= 0.3 is 0 Å². The van der Waals surface area contributed by atoms with Crippen molar-refractivity contribution in [1.82, 2.24) is 29.3 Å². The van der Waals surface area contributed by atoms with Crippen molar-refractivity contribution >= 4 is 21.8 Å². The topological polar surface area (TPSA) is 108 Å². The van der Waals surface area contributed by atoms with Gasteiger partial charge in [0.15, 0.2) is 0 Å². The highest BCUT2D eigenvalue weighted by molar-refractivity contribution is 5.91. The van der Waals surface area contributed by atoms with Gasteiger partial charge in [-0.2, -0.15) is 4.98 Å². The number of aromatic amines is 1. The predicted molar refractivity (Wildman–Crippen MR) is 112 cm³/mol. The van der Waals surface area contributed by atoms with Crippen molar-refractivity contribution < 1.29 is 4.74 Å². The molecular formula is C21H16N6O3. The Morgan fingerprint density at radius 1 is 0.900 bits per heavy atom. The number of aryl methyl sites for hydroxylation is 1. The van der Waals surface area contributed by atoms with Crippen molar-refractivity contribution in [2.45, 2.75) is 6.92 Å². The van der Waals surface area contributed by atoms with E-state index in [0.717, 1.165) is 0 Å². The maximum absolute atomic E-state index is 13.2. The molecule has 1 aromatic carbocycles. The van der Waals surface area contributed by atoms with Crippen LogP contribution in [0.15, 0.2) is 64.4 Å². The third-order valence-corrected chi connectivity index (χ3v) is 4.88. The summed E-state index contributed by atoms with van der Waals surface area (Å²) in [6, 6.07) is 12.2. The van der Waals surface area contributed by atoms with E-state index < -0.39 is 0 Å². The first kappa shape index (κ1) is 17.8. The van der Waals surface area contributed by atoms with E-state index in [1.54, 1.807) is 62.8 Å². The van der Waals surface area contributed by atoms with Crippen LogP contribution in [0, 0.1) is 6.92 Å². The molecule has 0 radical (unpaired) electrons. The Hall–Kier alpha value is -4.27. The fraction of sp³-hybridized carbons (Fsp3) is 0.0952. The van der Waals surface area contributed by atoms with E-state index in [1.807, 2.05) is 6.07 Å². The van der Waals surface area contributed by atoms with Crippen LogP contribution >= 0.6 is 0 Å². The van der Waals surface area contributed by atoms with Gasteiger partial charge in [-0.15, -0.1) is 5.10 Å². The van der Waals surface area contributed by atoms with E-state index in [-0.39, 0.29) is 17.1 Å². The van der Waals surface area contributed by atoms with E-state index in [0.29, 0.717) is 39.1 Å². The molecule has 0 atom stereocenters. The number of fused-ring (bicyclic) bond motifs is 2. The average molecular weight is 400 g/mol. The minimum atomic E-state index is -0.350. The second-order valence-electron chi connectivity index (χ2n) is 6.76. The molecule has 0 spiro atoms. The molecule has 5 aromatic rings. The largest absolute Gasteiger partial charge is 0.497 e. The van der Waals surface area contributed by atoms with Crippen LogP contribution in [0.5, 0.6) is 5.75 Å². The van der Waals surface area contributed by atoms with Crippen LogP contribution in [0.25, 0.3) is 33.4 Å². The van der Waals surface area contributed by atoms with Crippen molar-refractivity contribution in [2.75, 3.05) is 7.11 Å². The first-order valence-electron chi connectivity index (χ1n) is 9.17. The lowest BCUT2D eigenvalue weighted by Crippen LogP contribution is -2.21. The maximum Gasteiger partial charge on any atom is 0.267 e. The van der Waals surface area contributed by atoms with Crippen molar-refractivity contribution in [3.8, 4) is 17.4 Å². The number of rotatable bonds is 3. The third-order valence-electron chi connectivity index (χ3n) is 4.88. The third kappa shape index (κ3) is 2.75. The normalized spacial score (nSPS) is 11.3. The minimum absolute atomic E-state index is 0.237. The summed E-state index contributed by atoms with van der Waals surface area (Å²) in [6.07, 6.45) is 3.24. The molecule has 0 bridgehead atoms. The Morgan fingerprint density at radius 3 is 2.27 bits per heavy atom. The van der Waals surface area contributed by atoms with Gasteiger partial charge in [0.1, 0.15) is 11.6 Å². The van der Waals surface area contributed by atoms with Crippen LogP contribution in [0.2, 0.25) is 0 Å². The molecule has 9 heteroatoms. The Labute approximate surface area is 169 Å². The zero-order chi connectivity index (χ0) is 20.8. The molecular weight excluding hydrogens is 384 g/mol. The number of nitrogens with zero attached hydrogens (tertiary/aromatic N) is 5. The van der Waals surface area contributed by atoms with Crippen molar-refractivity contribution in [3.05, 3.63) is 81.4 Å². The average Bonchev–Trinajstić information content (AvgIpc) is 3.19. The fourth-order valence-corrected chi connectivity index (χ4v) is 3.38. The first-order chi connectivity index (χ1) is 14.5. The van der Waals surface area contributed by atoms with Crippen LogP contribution in [0.4, 0.5) is 0 Å². The van der Waals surface area contributed by atoms with Crippen LogP contribution in [0.3, 0.4) is 0 Å². The second-order valence-corrected chi connectivity index (χ2v) is 6.76. The lowest BCUT2D eigenvalue weighted by atomic mass is 10.2. The zero-order valence-corrected chi connectivity index (χ0v) is 16.2. The van der Waals surface area contributed by atoms with Gasteiger partial charge < -0.3 is 4.74 Å². The Kier molecular flexibility index (Phi) is 3.95.